The van der Waals surface area contributed by atoms with Crippen LogP contribution in [0.4, 0.5) is 4.39 Å². The van der Waals surface area contributed by atoms with Crippen LogP contribution in [0.25, 0.3) is 11.0 Å². The number of aldehydes is 1. The summed E-state index contributed by atoms with van der Waals surface area (Å²) in [4.78, 5) is 22.2. The van der Waals surface area contributed by atoms with Crippen LogP contribution in [-0.2, 0) is 6.42 Å². The molecule has 1 aromatic carbocycles. The number of hydrogen-bond acceptors (Lipinski definition) is 3. The summed E-state index contributed by atoms with van der Waals surface area (Å²) in [5.74, 6) is -0.271. The third-order valence-electron chi connectivity index (χ3n) is 2.99. The number of halogens is 1. The Bertz CT molecular complexity index is 734. The van der Waals surface area contributed by atoms with Gasteiger partial charge in [-0.15, -0.1) is 0 Å². The molecule has 0 amide bonds. The lowest BCUT2D eigenvalue weighted by molar-refractivity contribution is 0.112. The maximum absolute atomic E-state index is 12.9. The predicted octanol–water partition coefficient (Wildman–Crippen LogP) is 2.50. The number of fused-ring (bicyclic) bond motifs is 1. The van der Waals surface area contributed by atoms with Gasteiger partial charge >= 0.3 is 0 Å². The van der Waals surface area contributed by atoms with Crippen molar-refractivity contribution < 1.29 is 9.18 Å². The van der Waals surface area contributed by atoms with Crippen LogP contribution >= 0.6 is 0 Å². The van der Waals surface area contributed by atoms with Crippen LogP contribution < -0.4 is 0 Å². The van der Waals surface area contributed by atoms with Gasteiger partial charge in [0, 0.05) is 18.2 Å². The van der Waals surface area contributed by atoms with Gasteiger partial charge in [-0.2, -0.15) is 0 Å². The van der Waals surface area contributed by atoms with E-state index in [0.29, 0.717) is 17.6 Å². The number of hydrogen-bond donors (Lipinski definition) is 1. The Balaban J connectivity index is 2.07. The van der Waals surface area contributed by atoms with Crippen molar-refractivity contribution in [1.82, 2.24) is 15.0 Å². The number of nitrogens with zero attached hydrogens (tertiary/aromatic N) is 2. The highest BCUT2D eigenvalue weighted by Crippen LogP contribution is 2.20. The van der Waals surface area contributed by atoms with Gasteiger partial charge < -0.3 is 4.98 Å². The number of nitrogens with one attached hydrogen (secondary N) is 1. The van der Waals surface area contributed by atoms with Crippen molar-refractivity contribution >= 4 is 17.3 Å². The molecule has 5 heteroatoms. The van der Waals surface area contributed by atoms with Crippen LogP contribution in [0.1, 0.15) is 21.6 Å². The molecule has 3 aromatic rings. The summed E-state index contributed by atoms with van der Waals surface area (Å²) in [5.41, 5.74) is 2.85. The molecule has 0 spiro atoms. The van der Waals surface area contributed by atoms with E-state index >= 15 is 0 Å². The highest BCUT2D eigenvalue weighted by molar-refractivity contribution is 5.97. The van der Waals surface area contributed by atoms with Gasteiger partial charge in [0.15, 0.2) is 6.29 Å². The lowest BCUT2D eigenvalue weighted by Gasteiger charge is -2.03. The predicted molar refractivity (Wildman–Crippen MR) is 68.5 cm³/mol. The van der Waals surface area contributed by atoms with E-state index in [0.717, 1.165) is 22.9 Å². The Morgan fingerprint density at radius 3 is 2.74 bits per heavy atom. The summed E-state index contributed by atoms with van der Waals surface area (Å²) in [7, 11) is 0. The van der Waals surface area contributed by atoms with E-state index in [1.54, 1.807) is 18.3 Å². The first-order chi connectivity index (χ1) is 9.28. The topological polar surface area (TPSA) is 58.6 Å². The van der Waals surface area contributed by atoms with Crippen molar-refractivity contribution in [2.75, 3.05) is 0 Å². The van der Waals surface area contributed by atoms with E-state index in [2.05, 4.69) is 15.0 Å². The molecule has 0 aliphatic carbocycles. The lowest BCUT2D eigenvalue weighted by Crippen LogP contribution is -1.96. The summed E-state index contributed by atoms with van der Waals surface area (Å²) < 4.78 is 12.9. The summed E-state index contributed by atoms with van der Waals surface area (Å²) in [6.07, 6.45) is 4.36. The number of rotatable bonds is 3. The van der Waals surface area contributed by atoms with Crippen LogP contribution in [0.5, 0.6) is 0 Å². The lowest BCUT2D eigenvalue weighted by atomic mass is 10.1. The van der Waals surface area contributed by atoms with Crippen molar-refractivity contribution in [3.63, 3.8) is 0 Å². The minimum absolute atomic E-state index is 0.271. The maximum atomic E-state index is 12.9. The molecule has 2 aromatic heterocycles. The average molecular weight is 255 g/mol. The van der Waals surface area contributed by atoms with Gasteiger partial charge in [-0.05, 0) is 17.7 Å². The minimum Gasteiger partial charge on any atom is -0.345 e. The van der Waals surface area contributed by atoms with Gasteiger partial charge in [0.1, 0.15) is 17.8 Å². The maximum Gasteiger partial charge on any atom is 0.152 e. The Hall–Kier alpha value is -2.56. The zero-order valence-electron chi connectivity index (χ0n) is 9.93. The molecule has 0 saturated carbocycles. The standard InChI is InChI=1S/C14H10FN3O/c15-11-3-1-9(2-4-11)5-12-13-10(7-19)6-16-14(13)18-8-17-12/h1-4,6-8H,5H2,(H,16,17,18). The second-order valence-corrected chi connectivity index (χ2v) is 4.21. The summed E-state index contributed by atoms with van der Waals surface area (Å²) in [6.45, 7) is 0. The molecule has 0 atom stereocenters. The largest absolute Gasteiger partial charge is 0.345 e. The molecular formula is C14H10FN3O. The molecule has 2 heterocycles. The van der Waals surface area contributed by atoms with Crippen LogP contribution in [0, 0.1) is 5.82 Å². The van der Waals surface area contributed by atoms with E-state index in [1.165, 1.54) is 18.5 Å². The van der Waals surface area contributed by atoms with Crippen molar-refractivity contribution in [3.05, 3.63) is 59.4 Å². The second kappa shape index (κ2) is 4.61. The quantitative estimate of drug-likeness (QED) is 0.731. The summed E-state index contributed by atoms with van der Waals surface area (Å²) >= 11 is 0. The van der Waals surface area contributed by atoms with Crippen molar-refractivity contribution in [3.8, 4) is 0 Å². The highest BCUT2D eigenvalue weighted by Gasteiger charge is 2.10. The first-order valence-electron chi connectivity index (χ1n) is 5.78. The first-order valence-corrected chi connectivity index (χ1v) is 5.78. The van der Waals surface area contributed by atoms with Crippen LogP contribution in [0.3, 0.4) is 0 Å². The van der Waals surface area contributed by atoms with Gasteiger partial charge in [-0.25, -0.2) is 14.4 Å². The Morgan fingerprint density at radius 1 is 1.21 bits per heavy atom. The van der Waals surface area contributed by atoms with Gasteiger partial charge in [-0.1, -0.05) is 12.1 Å². The van der Waals surface area contributed by atoms with Crippen LogP contribution in [0.2, 0.25) is 0 Å². The molecule has 0 radical (unpaired) electrons. The molecule has 19 heavy (non-hydrogen) atoms. The number of carbonyl (C=O) groups excluding carboxylic acids is 1. The zero-order chi connectivity index (χ0) is 13.2. The smallest absolute Gasteiger partial charge is 0.152 e. The molecule has 0 saturated heterocycles. The first kappa shape index (κ1) is 11.5. The molecule has 0 aliphatic rings. The second-order valence-electron chi connectivity index (χ2n) is 4.21. The Kier molecular flexibility index (Phi) is 2.79. The van der Waals surface area contributed by atoms with Crippen molar-refractivity contribution in [2.24, 2.45) is 0 Å². The molecule has 0 aliphatic heterocycles. The van der Waals surface area contributed by atoms with Crippen LogP contribution in [0.15, 0.2) is 36.8 Å². The van der Waals surface area contributed by atoms with E-state index < -0.39 is 0 Å². The van der Waals surface area contributed by atoms with E-state index in [1.807, 2.05) is 0 Å². The average Bonchev–Trinajstić information content (AvgIpc) is 2.85. The molecule has 4 nitrogen and oxygen atoms in total. The molecular weight excluding hydrogens is 245 g/mol. The number of H-pyrrole nitrogens is 1. The van der Waals surface area contributed by atoms with Gasteiger partial charge in [0.05, 0.1) is 11.1 Å². The van der Waals surface area contributed by atoms with E-state index in [-0.39, 0.29) is 5.82 Å². The fraction of sp³-hybridized carbons (Fsp3) is 0.0714. The minimum atomic E-state index is -0.271. The third kappa shape index (κ3) is 2.10. The fourth-order valence-electron chi connectivity index (χ4n) is 2.08. The summed E-state index contributed by atoms with van der Waals surface area (Å²) in [6, 6.07) is 6.23. The zero-order valence-corrected chi connectivity index (χ0v) is 9.93. The Morgan fingerprint density at radius 2 is 2.00 bits per heavy atom. The normalized spacial score (nSPS) is 10.8. The van der Waals surface area contributed by atoms with Crippen molar-refractivity contribution in [1.29, 1.82) is 0 Å². The number of aromatic nitrogens is 3. The van der Waals surface area contributed by atoms with Gasteiger partial charge in [0.2, 0.25) is 0 Å². The highest BCUT2D eigenvalue weighted by atomic mass is 19.1. The monoisotopic (exact) mass is 255 g/mol. The molecule has 0 bridgehead atoms. The number of carbonyl (C=O) groups is 1. The molecule has 94 valence electrons. The van der Waals surface area contributed by atoms with Crippen molar-refractivity contribution in [2.45, 2.75) is 6.42 Å². The van der Waals surface area contributed by atoms with Gasteiger partial charge in [0.25, 0.3) is 0 Å². The fourth-order valence-corrected chi connectivity index (χ4v) is 2.08. The third-order valence-corrected chi connectivity index (χ3v) is 2.99. The van der Waals surface area contributed by atoms with Crippen LogP contribution in [-0.4, -0.2) is 21.2 Å². The molecule has 0 fully saturated rings. The SMILES string of the molecule is O=Cc1c[nH]c2ncnc(Cc3ccc(F)cc3)c12. The van der Waals surface area contributed by atoms with E-state index in [9.17, 15) is 9.18 Å². The number of aromatic amines is 1. The summed E-state index contributed by atoms with van der Waals surface area (Å²) in [5, 5.41) is 0.724. The number of benzene rings is 1. The molecule has 0 unspecified atom stereocenters. The van der Waals surface area contributed by atoms with Gasteiger partial charge in [-0.3, -0.25) is 4.79 Å². The van der Waals surface area contributed by atoms with E-state index in [4.69, 9.17) is 0 Å². The molecule has 1 N–H and O–H groups in total. The Labute approximate surface area is 108 Å². The molecule has 3 rings (SSSR count).